The lowest BCUT2D eigenvalue weighted by Gasteiger charge is -2.22. The van der Waals surface area contributed by atoms with Gasteiger partial charge in [-0.2, -0.15) is 0 Å². The number of rotatable bonds is 8. The van der Waals surface area contributed by atoms with Crippen LogP contribution in [-0.4, -0.2) is 11.7 Å². The normalized spacial score (nSPS) is 17.8. The Hall–Kier alpha value is -0.0400. The van der Waals surface area contributed by atoms with Crippen LogP contribution in [0.2, 0.25) is 0 Å². The second-order valence-electron chi connectivity index (χ2n) is 4.72. The molecule has 0 amide bonds. The van der Waals surface area contributed by atoms with E-state index in [1.807, 2.05) is 0 Å². The third-order valence-electron chi connectivity index (χ3n) is 3.51. The molecule has 0 aromatic heterocycles. The molecule has 14 heavy (non-hydrogen) atoms. The molecule has 0 heterocycles. The lowest BCUT2D eigenvalue weighted by molar-refractivity contribution is 0.185. The first-order valence-corrected chi connectivity index (χ1v) is 6.28. The Bertz CT molecular complexity index is 118. The number of aliphatic hydroxyl groups is 1. The molecule has 0 spiro atoms. The highest BCUT2D eigenvalue weighted by Gasteiger charge is 2.15. The molecule has 0 saturated carbocycles. The largest absolute Gasteiger partial charge is 0.396 e. The molecule has 0 radical (unpaired) electrons. The predicted molar refractivity (Wildman–Crippen MR) is 63.3 cm³/mol. The Morgan fingerprint density at radius 1 is 0.857 bits per heavy atom. The molecule has 0 saturated heterocycles. The summed E-state index contributed by atoms with van der Waals surface area (Å²) in [7, 11) is 0. The fourth-order valence-electron chi connectivity index (χ4n) is 2.01. The maximum absolute atomic E-state index is 9.16. The second kappa shape index (κ2) is 8.28. The van der Waals surface area contributed by atoms with Gasteiger partial charge in [-0.3, -0.25) is 0 Å². The quantitative estimate of drug-likeness (QED) is 0.631. The molecule has 0 aliphatic heterocycles. The molecule has 0 fully saturated rings. The van der Waals surface area contributed by atoms with Gasteiger partial charge in [0.15, 0.2) is 0 Å². The molecule has 0 aliphatic rings. The highest BCUT2D eigenvalue weighted by Crippen LogP contribution is 2.25. The van der Waals surface area contributed by atoms with Crippen LogP contribution < -0.4 is 0 Å². The lowest BCUT2D eigenvalue weighted by Crippen LogP contribution is -2.13. The first kappa shape index (κ1) is 14.0. The smallest absolute Gasteiger partial charge is 0.0459 e. The van der Waals surface area contributed by atoms with Crippen molar-refractivity contribution in [1.29, 1.82) is 0 Å². The summed E-state index contributed by atoms with van der Waals surface area (Å²) >= 11 is 0. The van der Waals surface area contributed by atoms with Crippen LogP contribution in [0.15, 0.2) is 0 Å². The third-order valence-corrected chi connectivity index (χ3v) is 3.51. The summed E-state index contributed by atoms with van der Waals surface area (Å²) in [5.41, 5.74) is 0. The second-order valence-corrected chi connectivity index (χ2v) is 4.72. The molecule has 1 nitrogen and oxygen atoms in total. The fraction of sp³-hybridized carbons (Fsp3) is 1.00. The minimum absolute atomic E-state index is 0.369. The van der Waals surface area contributed by atoms with E-state index in [2.05, 4.69) is 27.7 Å². The van der Waals surface area contributed by atoms with E-state index in [1.54, 1.807) is 0 Å². The monoisotopic (exact) mass is 200 g/mol. The average Bonchev–Trinajstić information content (AvgIpc) is 2.23. The molecule has 3 atom stereocenters. The van der Waals surface area contributed by atoms with Crippen LogP contribution in [0, 0.1) is 17.8 Å². The van der Waals surface area contributed by atoms with Crippen LogP contribution in [0.1, 0.15) is 59.8 Å². The molecular weight excluding hydrogens is 172 g/mol. The van der Waals surface area contributed by atoms with Crippen molar-refractivity contribution in [2.45, 2.75) is 59.8 Å². The van der Waals surface area contributed by atoms with Gasteiger partial charge in [-0.15, -0.1) is 0 Å². The van der Waals surface area contributed by atoms with Crippen molar-refractivity contribution in [2.75, 3.05) is 6.61 Å². The molecule has 0 aromatic carbocycles. The van der Waals surface area contributed by atoms with E-state index < -0.39 is 0 Å². The summed E-state index contributed by atoms with van der Waals surface area (Å²) < 4.78 is 0. The summed E-state index contributed by atoms with van der Waals surface area (Å²) in [6, 6.07) is 0. The van der Waals surface area contributed by atoms with Crippen molar-refractivity contribution in [3.8, 4) is 0 Å². The van der Waals surface area contributed by atoms with E-state index in [0.717, 1.165) is 18.3 Å². The summed E-state index contributed by atoms with van der Waals surface area (Å²) in [6.45, 7) is 9.42. The summed E-state index contributed by atoms with van der Waals surface area (Å²) in [4.78, 5) is 0. The molecule has 0 bridgehead atoms. The summed E-state index contributed by atoms with van der Waals surface area (Å²) in [5, 5.41) is 9.16. The Balaban J connectivity index is 3.88. The van der Waals surface area contributed by atoms with Crippen LogP contribution in [0.4, 0.5) is 0 Å². The fourth-order valence-corrected chi connectivity index (χ4v) is 2.01. The van der Waals surface area contributed by atoms with Crippen molar-refractivity contribution in [2.24, 2.45) is 17.8 Å². The van der Waals surface area contributed by atoms with Crippen molar-refractivity contribution in [1.82, 2.24) is 0 Å². The molecule has 3 unspecified atom stereocenters. The van der Waals surface area contributed by atoms with Gasteiger partial charge in [-0.1, -0.05) is 47.0 Å². The van der Waals surface area contributed by atoms with E-state index in [4.69, 9.17) is 5.11 Å². The van der Waals surface area contributed by atoms with E-state index in [9.17, 15) is 0 Å². The molecule has 86 valence electrons. The number of hydrogen-bond acceptors (Lipinski definition) is 1. The van der Waals surface area contributed by atoms with Crippen LogP contribution in [0.25, 0.3) is 0 Å². The van der Waals surface area contributed by atoms with Gasteiger partial charge in [0.2, 0.25) is 0 Å². The lowest BCUT2D eigenvalue weighted by atomic mass is 9.84. The molecular formula is C13H28O. The van der Waals surface area contributed by atoms with Gasteiger partial charge in [0, 0.05) is 6.61 Å². The molecule has 1 heteroatoms. The van der Waals surface area contributed by atoms with Gasteiger partial charge < -0.3 is 5.11 Å². The number of hydrogen-bond donors (Lipinski definition) is 1. The van der Waals surface area contributed by atoms with Crippen molar-refractivity contribution in [3.63, 3.8) is 0 Å². The Labute approximate surface area is 89.9 Å². The van der Waals surface area contributed by atoms with Gasteiger partial charge in [-0.25, -0.2) is 0 Å². The highest BCUT2D eigenvalue weighted by molar-refractivity contribution is 4.66. The van der Waals surface area contributed by atoms with Crippen molar-refractivity contribution < 1.29 is 5.11 Å². The minimum atomic E-state index is 0.369. The Morgan fingerprint density at radius 3 is 1.79 bits per heavy atom. The SMILES string of the molecule is CCC(C)CC(CC)CC(CC)CO. The Kier molecular flexibility index (Phi) is 8.26. The Morgan fingerprint density at radius 2 is 1.43 bits per heavy atom. The summed E-state index contributed by atoms with van der Waals surface area (Å²) in [6.07, 6.45) is 6.22. The molecule has 0 aliphatic carbocycles. The zero-order chi connectivity index (χ0) is 11.0. The first-order chi connectivity index (χ1) is 6.67. The van der Waals surface area contributed by atoms with Crippen LogP contribution in [-0.2, 0) is 0 Å². The van der Waals surface area contributed by atoms with E-state index in [-0.39, 0.29) is 0 Å². The van der Waals surface area contributed by atoms with Crippen LogP contribution >= 0.6 is 0 Å². The molecule has 0 aromatic rings. The van der Waals surface area contributed by atoms with E-state index >= 15 is 0 Å². The van der Waals surface area contributed by atoms with Gasteiger partial charge in [0.25, 0.3) is 0 Å². The maximum atomic E-state index is 9.16. The minimum Gasteiger partial charge on any atom is -0.396 e. The number of aliphatic hydroxyl groups excluding tert-OH is 1. The topological polar surface area (TPSA) is 20.2 Å². The standard InChI is InChI=1S/C13H28O/c1-5-11(4)8-12(6-2)9-13(7-3)10-14/h11-14H,5-10H2,1-4H3. The van der Waals surface area contributed by atoms with Crippen molar-refractivity contribution >= 4 is 0 Å². The van der Waals surface area contributed by atoms with Gasteiger partial charge in [0.05, 0.1) is 0 Å². The zero-order valence-corrected chi connectivity index (χ0v) is 10.4. The molecule has 1 N–H and O–H groups in total. The van der Waals surface area contributed by atoms with Crippen molar-refractivity contribution in [3.05, 3.63) is 0 Å². The van der Waals surface area contributed by atoms with Gasteiger partial charge >= 0.3 is 0 Å². The predicted octanol–water partition coefficient (Wildman–Crippen LogP) is 3.86. The van der Waals surface area contributed by atoms with Gasteiger partial charge in [-0.05, 0) is 30.6 Å². The van der Waals surface area contributed by atoms with Crippen LogP contribution in [0.3, 0.4) is 0 Å². The van der Waals surface area contributed by atoms with Crippen LogP contribution in [0.5, 0.6) is 0 Å². The molecule has 0 rings (SSSR count). The van der Waals surface area contributed by atoms with E-state index in [1.165, 1.54) is 25.7 Å². The zero-order valence-electron chi connectivity index (χ0n) is 10.4. The summed E-state index contributed by atoms with van der Waals surface area (Å²) in [5.74, 6) is 2.20. The van der Waals surface area contributed by atoms with E-state index in [0.29, 0.717) is 12.5 Å². The average molecular weight is 200 g/mol. The first-order valence-electron chi connectivity index (χ1n) is 6.28. The maximum Gasteiger partial charge on any atom is 0.0459 e. The third kappa shape index (κ3) is 5.64. The van der Waals surface area contributed by atoms with Gasteiger partial charge in [0.1, 0.15) is 0 Å². The highest BCUT2D eigenvalue weighted by atomic mass is 16.3.